The third kappa shape index (κ3) is 3.21. The summed E-state index contributed by atoms with van der Waals surface area (Å²) in [6.07, 6.45) is 1.91. The SMILES string of the molecule is C=C1C=C(C)c2ccc3oc(C(=O)c4cccc(OC)c4)c(-c4cccc(C)c4)c3c2O1. The minimum Gasteiger partial charge on any atom is -0.497 e. The first-order valence-corrected chi connectivity index (χ1v) is 10.4. The number of methoxy groups -OCH3 is 1. The largest absolute Gasteiger partial charge is 0.497 e. The maximum absolute atomic E-state index is 13.6. The van der Waals surface area contributed by atoms with Crippen LogP contribution in [0.3, 0.4) is 0 Å². The van der Waals surface area contributed by atoms with Crippen molar-refractivity contribution in [3.05, 3.63) is 102 Å². The van der Waals surface area contributed by atoms with E-state index in [1.165, 1.54) is 0 Å². The lowest BCUT2D eigenvalue weighted by Crippen LogP contribution is -2.03. The van der Waals surface area contributed by atoms with Crippen LogP contribution in [0.15, 0.2) is 83.5 Å². The van der Waals surface area contributed by atoms with E-state index in [2.05, 4.69) is 6.58 Å². The zero-order chi connectivity index (χ0) is 22.4. The van der Waals surface area contributed by atoms with Crippen LogP contribution in [-0.4, -0.2) is 12.9 Å². The minimum absolute atomic E-state index is 0.216. The molecule has 0 amide bonds. The van der Waals surface area contributed by atoms with Gasteiger partial charge in [-0.15, -0.1) is 0 Å². The van der Waals surface area contributed by atoms with Crippen molar-refractivity contribution in [3.8, 4) is 22.6 Å². The van der Waals surface area contributed by atoms with Crippen LogP contribution in [0, 0.1) is 6.92 Å². The average molecular weight is 422 g/mol. The molecule has 0 saturated carbocycles. The van der Waals surface area contributed by atoms with E-state index in [4.69, 9.17) is 13.9 Å². The quantitative estimate of drug-likeness (QED) is 0.334. The predicted molar refractivity (Wildman–Crippen MR) is 126 cm³/mol. The lowest BCUT2D eigenvalue weighted by atomic mass is 9.93. The Morgan fingerprint density at radius 2 is 1.81 bits per heavy atom. The van der Waals surface area contributed by atoms with E-state index >= 15 is 0 Å². The lowest BCUT2D eigenvalue weighted by molar-refractivity contribution is 0.101. The highest BCUT2D eigenvalue weighted by molar-refractivity contribution is 6.17. The van der Waals surface area contributed by atoms with Gasteiger partial charge >= 0.3 is 0 Å². The molecular formula is C28H22O4. The molecule has 3 aromatic carbocycles. The molecule has 0 saturated heterocycles. The van der Waals surface area contributed by atoms with Gasteiger partial charge in [-0.2, -0.15) is 0 Å². The van der Waals surface area contributed by atoms with E-state index in [1.54, 1.807) is 25.3 Å². The van der Waals surface area contributed by atoms with Crippen LogP contribution in [0.5, 0.6) is 11.5 Å². The summed E-state index contributed by atoms with van der Waals surface area (Å²) in [6.45, 7) is 8.03. The molecule has 1 aliphatic heterocycles. The van der Waals surface area contributed by atoms with E-state index in [-0.39, 0.29) is 11.5 Å². The Hall–Kier alpha value is -4.05. The van der Waals surface area contributed by atoms with E-state index < -0.39 is 0 Å². The third-order valence-electron chi connectivity index (χ3n) is 5.69. The Bertz CT molecular complexity index is 1440. The molecule has 0 fully saturated rings. The summed E-state index contributed by atoms with van der Waals surface area (Å²) in [5, 5.41) is 0.771. The molecule has 4 nitrogen and oxygen atoms in total. The Kier molecular flexibility index (Phi) is 4.71. The molecular weight excluding hydrogens is 400 g/mol. The second kappa shape index (κ2) is 7.57. The standard InChI is InChI=1S/C28H22O4/c1-16-7-5-8-19(13-16)24-25-23(12-11-22-17(2)14-18(3)31-27(22)25)32-28(24)26(29)20-9-6-10-21(15-20)30-4/h5-15H,3H2,1-2,4H3. The van der Waals surface area contributed by atoms with Gasteiger partial charge in [0.2, 0.25) is 5.78 Å². The number of furan rings is 1. The van der Waals surface area contributed by atoms with Crippen LogP contribution < -0.4 is 9.47 Å². The fourth-order valence-electron chi connectivity index (χ4n) is 4.19. The third-order valence-corrected chi connectivity index (χ3v) is 5.69. The van der Waals surface area contributed by atoms with Gasteiger partial charge in [0.05, 0.1) is 12.5 Å². The van der Waals surface area contributed by atoms with Gasteiger partial charge in [0, 0.05) is 16.7 Å². The summed E-state index contributed by atoms with van der Waals surface area (Å²) in [5.41, 5.74) is 5.79. The van der Waals surface area contributed by atoms with Crippen LogP contribution in [0.1, 0.15) is 34.2 Å². The Balaban J connectivity index is 1.83. The van der Waals surface area contributed by atoms with E-state index in [1.807, 2.05) is 62.4 Å². The number of hydrogen-bond donors (Lipinski definition) is 0. The van der Waals surface area contributed by atoms with Crippen molar-refractivity contribution in [1.82, 2.24) is 0 Å². The van der Waals surface area contributed by atoms with Gasteiger partial charge in [0.1, 0.15) is 22.8 Å². The topological polar surface area (TPSA) is 48.7 Å². The van der Waals surface area contributed by atoms with Gasteiger partial charge in [-0.1, -0.05) is 48.5 Å². The fraction of sp³-hybridized carbons (Fsp3) is 0.107. The summed E-state index contributed by atoms with van der Waals surface area (Å²) < 4.78 is 17.6. The lowest BCUT2D eigenvalue weighted by Gasteiger charge is -2.19. The van der Waals surface area contributed by atoms with Gasteiger partial charge in [-0.3, -0.25) is 4.79 Å². The first kappa shape index (κ1) is 19.9. The number of rotatable bonds is 4. The zero-order valence-electron chi connectivity index (χ0n) is 18.2. The Morgan fingerprint density at radius 1 is 1.00 bits per heavy atom. The molecule has 0 N–H and O–H groups in total. The number of hydrogen-bond acceptors (Lipinski definition) is 4. The highest BCUT2D eigenvalue weighted by Gasteiger charge is 2.28. The number of carbonyl (C=O) groups excluding carboxylic acids is 1. The number of ketones is 1. The molecule has 4 heteroatoms. The van der Waals surface area contributed by atoms with Gasteiger partial charge in [-0.25, -0.2) is 0 Å². The molecule has 0 atom stereocenters. The van der Waals surface area contributed by atoms with E-state index in [0.29, 0.717) is 28.4 Å². The number of allylic oxidation sites excluding steroid dienone is 2. The van der Waals surface area contributed by atoms with Crippen molar-refractivity contribution in [1.29, 1.82) is 0 Å². The summed E-state index contributed by atoms with van der Waals surface area (Å²) in [5.74, 6) is 1.89. The predicted octanol–water partition coefficient (Wildman–Crippen LogP) is 6.96. The molecule has 1 aliphatic rings. The van der Waals surface area contributed by atoms with Crippen molar-refractivity contribution in [2.75, 3.05) is 7.11 Å². The Morgan fingerprint density at radius 3 is 2.59 bits per heavy atom. The smallest absolute Gasteiger partial charge is 0.229 e. The van der Waals surface area contributed by atoms with Crippen LogP contribution in [0.25, 0.3) is 27.7 Å². The minimum atomic E-state index is -0.216. The molecule has 0 bridgehead atoms. The van der Waals surface area contributed by atoms with Crippen molar-refractivity contribution in [2.45, 2.75) is 13.8 Å². The maximum atomic E-state index is 13.6. The molecule has 2 heterocycles. The second-order valence-electron chi connectivity index (χ2n) is 7.95. The van der Waals surface area contributed by atoms with Crippen molar-refractivity contribution < 1.29 is 18.7 Å². The zero-order valence-corrected chi connectivity index (χ0v) is 18.2. The molecule has 4 aromatic rings. The summed E-state index contributed by atoms with van der Waals surface area (Å²) in [6, 6.07) is 19.0. The molecule has 0 aliphatic carbocycles. The molecule has 0 unspecified atom stereocenters. The molecule has 1 aromatic heterocycles. The number of aryl methyl sites for hydroxylation is 1. The van der Waals surface area contributed by atoms with E-state index in [0.717, 1.165) is 33.2 Å². The van der Waals surface area contributed by atoms with E-state index in [9.17, 15) is 4.79 Å². The van der Waals surface area contributed by atoms with Gasteiger partial charge in [-0.05, 0) is 55.3 Å². The first-order valence-electron chi connectivity index (χ1n) is 10.4. The summed E-state index contributed by atoms with van der Waals surface area (Å²) >= 11 is 0. The molecule has 158 valence electrons. The number of ether oxygens (including phenoxy) is 2. The number of fused-ring (bicyclic) bond motifs is 3. The highest BCUT2D eigenvalue weighted by Crippen LogP contribution is 2.46. The molecule has 0 radical (unpaired) electrons. The van der Waals surface area contributed by atoms with Crippen LogP contribution >= 0.6 is 0 Å². The van der Waals surface area contributed by atoms with Crippen molar-refractivity contribution in [2.24, 2.45) is 0 Å². The first-order chi connectivity index (χ1) is 15.5. The van der Waals surface area contributed by atoms with Crippen LogP contribution in [0.4, 0.5) is 0 Å². The molecule has 5 rings (SSSR count). The monoisotopic (exact) mass is 422 g/mol. The van der Waals surface area contributed by atoms with Crippen molar-refractivity contribution in [3.63, 3.8) is 0 Å². The summed E-state index contributed by atoms with van der Waals surface area (Å²) in [4.78, 5) is 13.6. The van der Waals surface area contributed by atoms with Gasteiger partial charge in [0.25, 0.3) is 0 Å². The van der Waals surface area contributed by atoms with Gasteiger partial charge in [0.15, 0.2) is 5.76 Å². The van der Waals surface area contributed by atoms with Crippen LogP contribution in [0.2, 0.25) is 0 Å². The van der Waals surface area contributed by atoms with Gasteiger partial charge < -0.3 is 13.9 Å². The van der Waals surface area contributed by atoms with Crippen LogP contribution in [-0.2, 0) is 0 Å². The second-order valence-corrected chi connectivity index (χ2v) is 7.95. The Labute approximate surface area is 186 Å². The molecule has 32 heavy (non-hydrogen) atoms. The number of benzene rings is 3. The highest BCUT2D eigenvalue weighted by atomic mass is 16.5. The average Bonchev–Trinajstić information content (AvgIpc) is 3.18. The normalized spacial score (nSPS) is 12.8. The number of carbonyl (C=O) groups is 1. The maximum Gasteiger partial charge on any atom is 0.229 e. The molecule has 0 spiro atoms. The summed E-state index contributed by atoms with van der Waals surface area (Å²) in [7, 11) is 1.58. The fourth-order valence-corrected chi connectivity index (χ4v) is 4.19. The van der Waals surface area contributed by atoms with Crippen molar-refractivity contribution >= 4 is 22.3 Å².